The summed E-state index contributed by atoms with van der Waals surface area (Å²) in [5.74, 6) is -0.227. The highest BCUT2D eigenvalue weighted by molar-refractivity contribution is 7.17. The molecular weight excluding hydrogens is 306 g/mol. The highest BCUT2D eigenvalue weighted by Crippen LogP contribution is 2.30. The average molecular weight is 321 g/mol. The van der Waals surface area contributed by atoms with Gasteiger partial charge in [-0.1, -0.05) is 42.6 Å². The van der Waals surface area contributed by atoms with Crippen molar-refractivity contribution >= 4 is 29.9 Å². The minimum atomic E-state index is -0.259. The van der Waals surface area contributed by atoms with Gasteiger partial charge in [-0.25, -0.2) is 4.39 Å². The summed E-state index contributed by atoms with van der Waals surface area (Å²) < 4.78 is 13.0. The summed E-state index contributed by atoms with van der Waals surface area (Å²) in [6.45, 7) is 3.90. The first-order valence-corrected chi connectivity index (χ1v) is 8.20. The molecule has 3 rings (SSSR count). The van der Waals surface area contributed by atoms with Crippen LogP contribution >= 0.6 is 11.3 Å². The number of aryl methyl sites for hydroxylation is 1. The maximum absolute atomic E-state index is 13.0. The summed E-state index contributed by atoms with van der Waals surface area (Å²) in [7, 11) is 1.98. The van der Waals surface area contributed by atoms with Crippen LogP contribution in [-0.2, 0) is 0 Å². The third-order valence-corrected chi connectivity index (χ3v) is 4.93. The molecule has 0 aliphatic carbocycles. The molecule has 0 fully saturated rings. The summed E-state index contributed by atoms with van der Waals surface area (Å²) in [4.78, 5) is 14.4. The van der Waals surface area contributed by atoms with E-state index in [9.17, 15) is 9.18 Å². The fourth-order valence-electron chi connectivity index (χ4n) is 2.43. The van der Waals surface area contributed by atoms with Crippen molar-refractivity contribution in [3.05, 3.63) is 76.4 Å². The smallest absolute Gasteiger partial charge is 0.203 e. The molecule has 0 amide bonds. The molecule has 23 heavy (non-hydrogen) atoms. The number of halogens is 1. The minimum Gasteiger partial charge on any atom is -0.288 e. The first kappa shape index (κ1) is 15.7. The molecule has 1 nitrogen and oxygen atoms in total. The van der Waals surface area contributed by atoms with Crippen molar-refractivity contribution in [1.29, 1.82) is 0 Å². The van der Waals surface area contributed by atoms with Crippen molar-refractivity contribution in [3.8, 4) is 10.4 Å². The van der Waals surface area contributed by atoms with Crippen molar-refractivity contribution in [3.63, 3.8) is 0 Å². The average Bonchev–Trinajstić information content (AvgIpc) is 3.05. The Labute approximate surface area is 140 Å². The Morgan fingerprint density at radius 3 is 2.48 bits per heavy atom. The van der Waals surface area contributed by atoms with E-state index < -0.39 is 0 Å². The number of ketones is 1. The number of carbonyl (C=O) groups excluding carboxylic acids is 1. The van der Waals surface area contributed by atoms with Gasteiger partial charge in [0.2, 0.25) is 5.78 Å². The van der Waals surface area contributed by atoms with E-state index in [-0.39, 0.29) is 11.6 Å². The lowest BCUT2D eigenvalue weighted by molar-refractivity contribution is 0.104. The Balaban J connectivity index is 1.94. The van der Waals surface area contributed by atoms with Gasteiger partial charge in [0.05, 0.1) is 4.88 Å². The first-order chi connectivity index (χ1) is 11.1. The molecule has 0 spiro atoms. The zero-order chi connectivity index (χ0) is 16.4. The number of hydrogen-bond donors (Lipinski definition) is 0. The molecule has 0 unspecified atom stereocenters. The largest absolute Gasteiger partial charge is 0.288 e. The van der Waals surface area contributed by atoms with Crippen LogP contribution in [0.15, 0.2) is 54.6 Å². The SMILES string of the molecule is C[B]c1ccc(C)c(C(=O)c2ccc(-c3ccc(F)cc3)s2)c1. The van der Waals surface area contributed by atoms with Crippen LogP contribution in [0.5, 0.6) is 0 Å². The van der Waals surface area contributed by atoms with Crippen LogP contribution in [0.25, 0.3) is 10.4 Å². The Hall–Kier alpha value is -2.20. The number of hydrogen-bond acceptors (Lipinski definition) is 2. The number of rotatable bonds is 4. The minimum absolute atomic E-state index is 0.0320. The molecule has 0 aliphatic rings. The molecule has 0 saturated carbocycles. The molecule has 2 aromatic carbocycles. The molecule has 0 atom stereocenters. The van der Waals surface area contributed by atoms with Crippen LogP contribution in [0.1, 0.15) is 20.8 Å². The van der Waals surface area contributed by atoms with Gasteiger partial charge in [0, 0.05) is 10.4 Å². The number of benzene rings is 2. The van der Waals surface area contributed by atoms with Crippen LogP contribution in [-0.4, -0.2) is 13.1 Å². The molecule has 1 aromatic heterocycles. The second-order valence-electron chi connectivity index (χ2n) is 5.36. The van der Waals surface area contributed by atoms with E-state index in [1.54, 1.807) is 12.1 Å². The van der Waals surface area contributed by atoms with Gasteiger partial charge in [-0.3, -0.25) is 4.79 Å². The van der Waals surface area contributed by atoms with Crippen LogP contribution in [0.4, 0.5) is 4.39 Å². The molecule has 113 valence electrons. The fraction of sp³-hybridized carbons (Fsp3) is 0.105. The molecule has 0 saturated heterocycles. The monoisotopic (exact) mass is 321 g/mol. The number of thiophene rings is 1. The van der Waals surface area contributed by atoms with Gasteiger partial charge in [0.1, 0.15) is 13.1 Å². The van der Waals surface area contributed by atoms with Gasteiger partial charge in [0.25, 0.3) is 0 Å². The van der Waals surface area contributed by atoms with Crippen LogP contribution in [0.3, 0.4) is 0 Å². The van der Waals surface area contributed by atoms with E-state index in [0.29, 0.717) is 4.88 Å². The topological polar surface area (TPSA) is 17.1 Å². The van der Waals surface area contributed by atoms with Gasteiger partial charge in [-0.05, 0) is 42.3 Å². The van der Waals surface area contributed by atoms with E-state index in [2.05, 4.69) is 0 Å². The third-order valence-electron chi connectivity index (χ3n) is 3.80. The predicted molar refractivity (Wildman–Crippen MR) is 95.6 cm³/mol. The molecular formula is C19H15BFOS. The third kappa shape index (κ3) is 3.27. The summed E-state index contributed by atoms with van der Waals surface area (Å²) in [5, 5.41) is 0. The summed E-state index contributed by atoms with van der Waals surface area (Å²) in [5.41, 5.74) is 3.66. The van der Waals surface area contributed by atoms with Crippen LogP contribution < -0.4 is 5.46 Å². The molecule has 0 N–H and O–H groups in total. The maximum atomic E-state index is 13.0. The first-order valence-electron chi connectivity index (χ1n) is 7.39. The summed E-state index contributed by atoms with van der Waals surface area (Å²) in [6, 6.07) is 16.0. The lowest BCUT2D eigenvalue weighted by Gasteiger charge is -2.06. The van der Waals surface area contributed by atoms with Crippen molar-refractivity contribution in [2.24, 2.45) is 0 Å². The molecule has 4 heteroatoms. The Kier molecular flexibility index (Phi) is 4.44. The van der Waals surface area contributed by atoms with E-state index in [1.165, 1.54) is 23.5 Å². The highest BCUT2D eigenvalue weighted by atomic mass is 32.1. The van der Waals surface area contributed by atoms with Crippen LogP contribution in [0, 0.1) is 12.7 Å². The fourth-order valence-corrected chi connectivity index (χ4v) is 3.39. The molecule has 1 heterocycles. The van der Waals surface area contributed by atoms with E-state index in [4.69, 9.17) is 0 Å². The van der Waals surface area contributed by atoms with Gasteiger partial charge in [-0.15, -0.1) is 11.3 Å². The Bertz CT molecular complexity index is 852. The Morgan fingerprint density at radius 1 is 1.04 bits per heavy atom. The number of carbonyl (C=O) groups is 1. The van der Waals surface area contributed by atoms with Crippen molar-refractivity contribution in [1.82, 2.24) is 0 Å². The van der Waals surface area contributed by atoms with Crippen molar-refractivity contribution < 1.29 is 9.18 Å². The maximum Gasteiger partial charge on any atom is 0.203 e. The highest BCUT2D eigenvalue weighted by Gasteiger charge is 2.15. The van der Waals surface area contributed by atoms with Gasteiger partial charge < -0.3 is 0 Å². The summed E-state index contributed by atoms with van der Waals surface area (Å²) >= 11 is 1.43. The van der Waals surface area contributed by atoms with Gasteiger partial charge in [-0.2, -0.15) is 0 Å². The molecule has 0 aliphatic heterocycles. The molecule has 1 radical (unpaired) electrons. The van der Waals surface area contributed by atoms with Crippen LogP contribution in [0.2, 0.25) is 6.82 Å². The molecule has 3 aromatic rings. The normalized spacial score (nSPS) is 10.6. The van der Waals surface area contributed by atoms with Gasteiger partial charge in [0.15, 0.2) is 0 Å². The molecule has 0 bridgehead atoms. The lowest BCUT2D eigenvalue weighted by Crippen LogP contribution is -2.14. The lowest BCUT2D eigenvalue weighted by atomic mass is 9.72. The zero-order valence-electron chi connectivity index (χ0n) is 13.0. The Morgan fingerprint density at radius 2 is 1.78 bits per heavy atom. The van der Waals surface area contributed by atoms with E-state index >= 15 is 0 Å². The standard InChI is InChI=1S/C19H15BFOS/c1-12-3-6-14(20-2)11-16(12)19(22)18-10-9-17(23-18)13-4-7-15(21)8-5-13/h3-11H,1-2H3. The second-order valence-corrected chi connectivity index (χ2v) is 6.45. The van der Waals surface area contributed by atoms with Crippen molar-refractivity contribution in [2.45, 2.75) is 13.7 Å². The zero-order valence-corrected chi connectivity index (χ0v) is 13.8. The van der Waals surface area contributed by atoms with E-state index in [0.717, 1.165) is 27.0 Å². The van der Waals surface area contributed by atoms with Gasteiger partial charge >= 0.3 is 0 Å². The predicted octanol–water partition coefficient (Wildman–Crippen LogP) is 4.47. The second kappa shape index (κ2) is 6.51. The van der Waals surface area contributed by atoms with E-state index in [1.807, 2.05) is 51.4 Å². The van der Waals surface area contributed by atoms with Crippen molar-refractivity contribution in [2.75, 3.05) is 0 Å². The summed E-state index contributed by atoms with van der Waals surface area (Å²) in [6.07, 6.45) is 0. The quantitative estimate of drug-likeness (QED) is 0.512.